The van der Waals surface area contributed by atoms with Gasteiger partial charge in [-0.3, -0.25) is 0 Å². The van der Waals surface area contributed by atoms with Crippen molar-refractivity contribution >= 4 is 0 Å². The van der Waals surface area contributed by atoms with Crippen molar-refractivity contribution in [1.82, 2.24) is 5.32 Å². The molecule has 0 spiro atoms. The Morgan fingerprint density at radius 2 is 1.25 bits per heavy atom. The van der Waals surface area contributed by atoms with Crippen LogP contribution in [0.25, 0.3) is 0 Å². The third-order valence-corrected chi connectivity index (χ3v) is 5.12. The van der Waals surface area contributed by atoms with E-state index in [1.807, 2.05) is 0 Å². The van der Waals surface area contributed by atoms with Gasteiger partial charge in [0.2, 0.25) is 0 Å². The molecule has 0 aromatic rings. The molecule has 1 N–H and O–H groups in total. The maximum absolute atomic E-state index is 3.46. The Morgan fingerprint density at radius 3 is 1.75 bits per heavy atom. The summed E-state index contributed by atoms with van der Waals surface area (Å²) >= 11 is 0. The van der Waals surface area contributed by atoms with E-state index >= 15 is 0 Å². The zero-order chi connectivity index (χ0) is 18.4. The summed E-state index contributed by atoms with van der Waals surface area (Å²) in [5.74, 6) is 2.69. The van der Waals surface area contributed by atoms with Crippen molar-refractivity contribution in [3.05, 3.63) is 11.6 Å². The van der Waals surface area contributed by atoms with Crippen molar-refractivity contribution in [3.63, 3.8) is 0 Å². The van der Waals surface area contributed by atoms with E-state index in [1.165, 1.54) is 57.8 Å². The third kappa shape index (κ3) is 16.6. The molecule has 0 aliphatic heterocycles. The molecule has 0 heterocycles. The second kappa shape index (κ2) is 15.0. The van der Waals surface area contributed by atoms with Crippen LogP contribution in [0.3, 0.4) is 0 Å². The number of hydrogen-bond acceptors (Lipinski definition) is 1. The van der Waals surface area contributed by atoms with E-state index in [0.29, 0.717) is 6.04 Å². The summed E-state index contributed by atoms with van der Waals surface area (Å²) in [6.45, 7) is 17.3. The molecule has 0 saturated carbocycles. The van der Waals surface area contributed by atoms with E-state index in [9.17, 15) is 0 Å². The Kier molecular flexibility index (Phi) is 14.8. The fourth-order valence-corrected chi connectivity index (χ4v) is 3.28. The van der Waals surface area contributed by atoms with Crippen molar-refractivity contribution in [2.45, 2.75) is 112 Å². The largest absolute Gasteiger partial charge is 0.311 e. The molecule has 0 rings (SSSR count). The van der Waals surface area contributed by atoms with Crippen LogP contribution in [0, 0.1) is 17.8 Å². The van der Waals surface area contributed by atoms with Gasteiger partial charge < -0.3 is 5.32 Å². The van der Waals surface area contributed by atoms with Crippen molar-refractivity contribution < 1.29 is 0 Å². The van der Waals surface area contributed by atoms with E-state index in [0.717, 1.165) is 24.3 Å². The molecule has 0 aromatic carbocycles. The molecule has 2 atom stereocenters. The van der Waals surface area contributed by atoms with E-state index < -0.39 is 0 Å². The summed E-state index contributed by atoms with van der Waals surface area (Å²) < 4.78 is 0. The first-order valence-corrected chi connectivity index (χ1v) is 10.7. The van der Waals surface area contributed by atoms with Gasteiger partial charge in [-0.1, -0.05) is 98.1 Å². The lowest BCUT2D eigenvalue weighted by Gasteiger charge is -2.15. The standard InChI is InChI=1S/C23H47N/c1-19(2)11-8-12-21(5)13-9-14-22(6)15-10-16-23(7)17-18-24-20(3)4/h17,19-22,24H,8-16,18H2,1-7H3/b23-17+. The highest BCUT2D eigenvalue weighted by molar-refractivity contribution is 4.99. The molecule has 0 bridgehead atoms. The molecule has 0 amide bonds. The minimum Gasteiger partial charge on any atom is -0.311 e. The fraction of sp³-hybridized carbons (Fsp3) is 0.913. The smallest absolute Gasteiger partial charge is 0.0139 e. The molecule has 0 saturated heterocycles. The highest BCUT2D eigenvalue weighted by Crippen LogP contribution is 2.21. The number of allylic oxidation sites excluding steroid dienone is 1. The average molecular weight is 338 g/mol. The lowest BCUT2D eigenvalue weighted by Crippen LogP contribution is -2.22. The quantitative estimate of drug-likeness (QED) is 0.308. The molecule has 1 nitrogen and oxygen atoms in total. The van der Waals surface area contributed by atoms with Crippen LogP contribution in [-0.4, -0.2) is 12.6 Å². The lowest BCUT2D eigenvalue weighted by molar-refractivity contribution is 0.389. The Morgan fingerprint density at radius 1 is 0.750 bits per heavy atom. The zero-order valence-electron chi connectivity index (χ0n) is 18.0. The first-order chi connectivity index (χ1) is 11.3. The molecular weight excluding hydrogens is 290 g/mol. The number of hydrogen-bond donors (Lipinski definition) is 1. The fourth-order valence-electron chi connectivity index (χ4n) is 3.28. The monoisotopic (exact) mass is 337 g/mol. The molecule has 0 fully saturated rings. The van der Waals surface area contributed by atoms with E-state index in [2.05, 4.69) is 59.9 Å². The van der Waals surface area contributed by atoms with E-state index in [1.54, 1.807) is 5.57 Å². The van der Waals surface area contributed by atoms with Crippen LogP contribution in [0.4, 0.5) is 0 Å². The van der Waals surface area contributed by atoms with Crippen molar-refractivity contribution in [3.8, 4) is 0 Å². The first kappa shape index (κ1) is 23.7. The normalized spacial score (nSPS) is 15.3. The van der Waals surface area contributed by atoms with Gasteiger partial charge in [0.05, 0.1) is 0 Å². The topological polar surface area (TPSA) is 12.0 Å². The highest BCUT2D eigenvalue weighted by atomic mass is 14.9. The van der Waals surface area contributed by atoms with E-state index in [4.69, 9.17) is 0 Å². The van der Waals surface area contributed by atoms with Gasteiger partial charge in [0.25, 0.3) is 0 Å². The van der Waals surface area contributed by atoms with Gasteiger partial charge in [-0.2, -0.15) is 0 Å². The van der Waals surface area contributed by atoms with Gasteiger partial charge >= 0.3 is 0 Å². The summed E-state index contributed by atoms with van der Waals surface area (Å²) in [7, 11) is 0. The summed E-state index contributed by atoms with van der Waals surface area (Å²) in [6, 6.07) is 0.585. The molecule has 0 aliphatic carbocycles. The van der Waals surface area contributed by atoms with Crippen LogP contribution >= 0.6 is 0 Å². The number of nitrogens with one attached hydrogen (secondary N) is 1. The zero-order valence-corrected chi connectivity index (χ0v) is 18.0. The second-order valence-electron chi connectivity index (χ2n) is 8.97. The summed E-state index contributed by atoms with van der Waals surface area (Å²) in [4.78, 5) is 0. The molecule has 2 unspecified atom stereocenters. The second-order valence-corrected chi connectivity index (χ2v) is 8.97. The van der Waals surface area contributed by atoms with Gasteiger partial charge in [0.1, 0.15) is 0 Å². The van der Waals surface area contributed by atoms with Crippen LogP contribution in [0.1, 0.15) is 106 Å². The Labute approximate surface area is 154 Å². The molecule has 1 heteroatoms. The first-order valence-electron chi connectivity index (χ1n) is 10.7. The maximum Gasteiger partial charge on any atom is 0.0139 e. The van der Waals surface area contributed by atoms with Crippen LogP contribution in [0.2, 0.25) is 0 Å². The summed E-state index contributed by atoms with van der Waals surface area (Å²) in [5, 5.41) is 3.46. The maximum atomic E-state index is 3.46. The van der Waals surface area contributed by atoms with Crippen molar-refractivity contribution in [2.24, 2.45) is 17.8 Å². The average Bonchev–Trinajstić information content (AvgIpc) is 2.46. The SMILES string of the molecule is C/C(=C\CNC(C)C)CCCC(C)CCCC(C)CCCC(C)C. The van der Waals surface area contributed by atoms with Crippen LogP contribution in [-0.2, 0) is 0 Å². The Balaban J connectivity index is 3.60. The van der Waals surface area contributed by atoms with Crippen LogP contribution in [0.15, 0.2) is 11.6 Å². The van der Waals surface area contributed by atoms with Gasteiger partial charge in [-0.25, -0.2) is 0 Å². The van der Waals surface area contributed by atoms with Gasteiger partial charge in [-0.15, -0.1) is 0 Å². The van der Waals surface area contributed by atoms with Crippen molar-refractivity contribution in [2.75, 3.05) is 6.54 Å². The van der Waals surface area contributed by atoms with Gasteiger partial charge in [-0.05, 0) is 37.5 Å². The predicted molar refractivity (Wildman–Crippen MR) is 112 cm³/mol. The van der Waals surface area contributed by atoms with E-state index in [-0.39, 0.29) is 0 Å². The molecular formula is C23H47N. The number of rotatable bonds is 15. The Bertz CT molecular complexity index is 303. The third-order valence-electron chi connectivity index (χ3n) is 5.12. The van der Waals surface area contributed by atoms with Crippen molar-refractivity contribution in [1.29, 1.82) is 0 Å². The molecule has 0 aromatic heterocycles. The molecule has 0 radical (unpaired) electrons. The Hall–Kier alpha value is -0.300. The van der Waals surface area contributed by atoms with Crippen LogP contribution < -0.4 is 5.32 Å². The predicted octanol–water partition coefficient (Wildman–Crippen LogP) is 7.37. The minimum absolute atomic E-state index is 0.585. The lowest BCUT2D eigenvalue weighted by atomic mass is 9.91. The molecule has 144 valence electrons. The molecule has 24 heavy (non-hydrogen) atoms. The van der Waals surface area contributed by atoms with Gasteiger partial charge in [0, 0.05) is 12.6 Å². The van der Waals surface area contributed by atoms with Gasteiger partial charge in [0.15, 0.2) is 0 Å². The summed E-state index contributed by atoms with van der Waals surface area (Å²) in [5.41, 5.74) is 1.55. The minimum atomic E-state index is 0.585. The highest BCUT2D eigenvalue weighted by Gasteiger charge is 2.06. The summed E-state index contributed by atoms with van der Waals surface area (Å²) in [6.07, 6.45) is 14.9. The molecule has 0 aliphatic rings. The van der Waals surface area contributed by atoms with Crippen LogP contribution in [0.5, 0.6) is 0 Å².